The number of hydrogen-bond acceptors (Lipinski definition) is 2. The molecule has 1 aromatic rings. The molecule has 0 aliphatic carbocycles. The van der Waals surface area contributed by atoms with E-state index in [1.54, 1.807) is 13.0 Å². The number of nitrogens with two attached hydrogens (primary N) is 1. The maximum Gasteiger partial charge on any atom is 0.250 e. The highest BCUT2D eigenvalue weighted by Crippen LogP contribution is 2.18. The Hall–Kier alpha value is -1.07. The Bertz CT molecular complexity index is 342. The van der Waals surface area contributed by atoms with Crippen molar-refractivity contribution in [1.29, 1.82) is 0 Å². The van der Waals surface area contributed by atoms with Crippen LogP contribution in [0.5, 0.6) is 0 Å². The highest BCUT2D eigenvalue weighted by molar-refractivity contribution is 5.29. The maximum atomic E-state index is 13.0. The number of hydrogen-bond donors (Lipinski definition) is 2. The van der Waals surface area contributed by atoms with Gasteiger partial charge in [0.05, 0.1) is 6.54 Å². The lowest BCUT2D eigenvalue weighted by molar-refractivity contribution is 0.141. The zero-order valence-corrected chi connectivity index (χ0v) is 9.01. The molecule has 0 saturated carbocycles. The van der Waals surface area contributed by atoms with E-state index in [4.69, 9.17) is 5.73 Å². The zero-order valence-electron chi connectivity index (χ0n) is 9.01. The van der Waals surface area contributed by atoms with Crippen LogP contribution in [0.2, 0.25) is 0 Å². The van der Waals surface area contributed by atoms with Gasteiger partial charge in [0.2, 0.25) is 0 Å². The minimum absolute atomic E-state index is 0.150. The van der Waals surface area contributed by atoms with E-state index in [0.717, 1.165) is 5.56 Å². The summed E-state index contributed by atoms with van der Waals surface area (Å²) >= 11 is 0. The van der Waals surface area contributed by atoms with Gasteiger partial charge in [0, 0.05) is 12.6 Å². The molecule has 5 heteroatoms. The number of rotatable bonds is 5. The molecule has 2 nitrogen and oxygen atoms in total. The van der Waals surface area contributed by atoms with Gasteiger partial charge in [-0.15, -0.1) is 0 Å². The van der Waals surface area contributed by atoms with Crippen LogP contribution in [0.15, 0.2) is 18.2 Å². The van der Waals surface area contributed by atoms with Crippen LogP contribution in [0.4, 0.5) is 13.2 Å². The molecule has 0 bridgehead atoms. The molecule has 1 aromatic carbocycles. The lowest BCUT2D eigenvalue weighted by Gasteiger charge is -2.19. The van der Waals surface area contributed by atoms with Crippen molar-refractivity contribution in [3.05, 3.63) is 35.1 Å². The van der Waals surface area contributed by atoms with E-state index in [2.05, 4.69) is 5.32 Å². The Labute approximate surface area is 92.6 Å². The maximum absolute atomic E-state index is 13.0. The minimum atomic E-state index is -2.44. The Morgan fingerprint density at radius 1 is 1.38 bits per heavy atom. The summed E-state index contributed by atoms with van der Waals surface area (Å²) in [5.41, 5.74) is 6.94. The summed E-state index contributed by atoms with van der Waals surface area (Å²) in [7, 11) is 0. The average Bonchev–Trinajstić information content (AvgIpc) is 2.23. The molecule has 0 heterocycles. The molecule has 0 saturated heterocycles. The van der Waals surface area contributed by atoms with E-state index < -0.39 is 24.8 Å². The predicted octanol–water partition coefficient (Wildman–Crippen LogP) is 1.99. The number of nitrogens with one attached hydrogen (secondary N) is 1. The molecule has 0 spiro atoms. The Balaban J connectivity index is 2.81. The highest BCUT2D eigenvalue weighted by Gasteiger charge is 2.14. The van der Waals surface area contributed by atoms with Crippen molar-refractivity contribution in [1.82, 2.24) is 5.32 Å². The molecule has 0 aliphatic rings. The van der Waals surface area contributed by atoms with Gasteiger partial charge in [0.1, 0.15) is 5.82 Å². The van der Waals surface area contributed by atoms with Crippen molar-refractivity contribution >= 4 is 0 Å². The van der Waals surface area contributed by atoms with E-state index >= 15 is 0 Å². The van der Waals surface area contributed by atoms with Crippen molar-refractivity contribution in [2.75, 3.05) is 13.1 Å². The van der Waals surface area contributed by atoms with Gasteiger partial charge in [0.25, 0.3) is 6.43 Å². The summed E-state index contributed by atoms with van der Waals surface area (Å²) in [6.07, 6.45) is -2.44. The van der Waals surface area contributed by atoms with Crippen molar-refractivity contribution in [2.45, 2.75) is 19.4 Å². The number of aryl methyl sites for hydroxylation is 1. The third kappa shape index (κ3) is 3.50. The van der Waals surface area contributed by atoms with Crippen LogP contribution in [0.25, 0.3) is 0 Å². The van der Waals surface area contributed by atoms with Gasteiger partial charge in [-0.25, -0.2) is 13.2 Å². The number of alkyl halides is 2. The van der Waals surface area contributed by atoms with Crippen LogP contribution in [0.1, 0.15) is 17.2 Å². The Morgan fingerprint density at radius 2 is 2.06 bits per heavy atom. The van der Waals surface area contributed by atoms with Gasteiger partial charge >= 0.3 is 0 Å². The molecule has 3 N–H and O–H groups in total. The van der Waals surface area contributed by atoms with Gasteiger partial charge in [-0.3, -0.25) is 0 Å². The molecule has 0 aliphatic heterocycles. The number of halogens is 3. The molecule has 1 atom stereocenters. The van der Waals surface area contributed by atoms with Crippen LogP contribution >= 0.6 is 0 Å². The molecule has 0 amide bonds. The molecule has 1 unspecified atom stereocenters. The standard InChI is InChI=1S/C11H15F3N2/c1-7-2-3-8(12)4-9(7)10(5-15)16-6-11(13)14/h2-4,10-11,16H,5-6,15H2,1H3. The van der Waals surface area contributed by atoms with Gasteiger partial charge in [0.15, 0.2) is 0 Å². The Kier molecular flexibility index (Phi) is 4.76. The first-order valence-corrected chi connectivity index (χ1v) is 5.02. The van der Waals surface area contributed by atoms with E-state index in [1.165, 1.54) is 12.1 Å². The normalized spacial score (nSPS) is 13.1. The predicted molar refractivity (Wildman–Crippen MR) is 56.9 cm³/mol. The van der Waals surface area contributed by atoms with Crippen LogP contribution in [0, 0.1) is 12.7 Å². The van der Waals surface area contributed by atoms with Crippen LogP contribution in [-0.2, 0) is 0 Å². The fraction of sp³-hybridized carbons (Fsp3) is 0.455. The molecule has 0 aromatic heterocycles. The minimum Gasteiger partial charge on any atom is -0.329 e. The van der Waals surface area contributed by atoms with E-state index in [0.29, 0.717) is 5.56 Å². The average molecular weight is 232 g/mol. The highest BCUT2D eigenvalue weighted by atomic mass is 19.3. The van der Waals surface area contributed by atoms with E-state index in [-0.39, 0.29) is 6.54 Å². The fourth-order valence-corrected chi connectivity index (χ4v) is 1.54. The summed E-state index contributed by atoms with van der Waals surface area (Å²) in [5.74, 6) is -0.391. The Morgan fingerprint density at radius 3 is 2.62 bits per heavy atom. The van der Waals surface area contributed by atoms with Gasteiger partial charge in [-0.05, 0) is 30.2 Å². The quantitative estimate of drug-likeness (QED) is 0.814. The molecule has 0 radical (unpaired) electrons. The second-order valence-electron chi connectivity index (χ2n) is 3.59. The summed E-state index contributed by atoms with van der Waals surface area (Å²) in [4.78, 5) is 0. The van der Waals surface area contributed by atoms with Crippen LogP contribution in [-0.4, -0.2) is 19.5 Å². The molecule has 0 fully saturated rings. The van der Waals surface area contributed by atoms with Gasteiger partial charge in [-0.2, -0.15) is 0 Å². The SMILES string of the molecule is Cc1ccc(F)cc1C(CN)NCC(F)F. The third-order valence-corrected chi connectivity index (χ3v) is 2.37. The smallest absolute Gasteiger partial charge is 0.250 e. The summed E-state index contributed by atoms with van der Waals surface area (Å²) in [5, 5.41) is 2.61. The summed E-state index contributed by atoms with van der Waals surface area (Å²) < 4.78 is 37.1. The second kappa shape index (κ2) is 5.86. The monoisotopic (exact) mass is 232 g/mol. The first-order chi connectivity index (χ1) is 7.54. The third-order valence-electron chi connectivity index (χ3n) is 2.37. The van der Waals surface area contributed by atoms with Gasteiger partial charge < -0.3 is 11.1 Å². The van der Waals surface area contributed by atoms with Crippen LogP contribution < -0.4 is 11.1 Å². The second-order valence-corrected chi connectivity index (χ2v) is 3.59. The summed E-state index contributed by atoms with van der Waals surface area (Å²) in [6.45, 7) is 1.50. The molecule has 90 valence electrons. The lowest BCUT2D eigenvalue weighted by atomic mass is 10.0. The topological polar surface area (TPSA) is 38.0 Å². The lowest BCUT2D eigenvalue weighted by Crippen LogP contribution is -2.32. The fourth-order valence-electron chi connectivity index (χ4n) is 1.54. The first kappa shape index (κ1) is 13.0. The zero-order chi connectivity index (χ0) is 12.1. The van der Waals surface area contributed by atoms with Crippen molar-refractivity contribution < 1.29 is 13.2 Å². The van der Waals surface area contributed by atoms with Crippen molar-refractivity contribution in [3.8, 4) is 0 Å². The largest absolute Gasteiger partial charge is 0.329 e. The van der Waals surface area contributed by atoms with Crippen molar-refractivity contribution in [2.24, 2.45) is 5.73 Å². The molecule has 16 heavy (non-hydrogen) atoms. The number of benzene rings is 1. The molecular weight excluding hydrogens is 217 g/mol. The van der Waals surface area contributed by atoms with Crippen molar-refractivity contribution in [3.63, 3.8) is 0 Å². The molecule has 1 rings (SSSR count). The van der Waals surface area contributed by atoms with Gasteiger partial charge in [-0.1, -0.05) is 6.07 Å². The van der Waals surface area contributed by atoms with E-state index in [1.807, 2.05) is 0 Å². The first-order valence-electron chi connectivity index (χ1n) is 5.02. The van der Waals surface area contributed by atoms with Crippen LogP contribution in [0.3, 0.4) is 0 Å². The summed E-state index contributed by atoms with van der Waals surface area (Å²) in [6, 6.07) is 3.83. The molecular formula is C11H15F3N2. The van der Waals surface area contributed by atoms with E-state index in [9.17, 15) is 13.2 Å².